The third-order valence-electron chi connectivity index (χ3n) is 5.05. The highest BCUT2D eigenvalue weighted by Gasteiger charge is 2.18. The van der Waals surface area contributed by atoms with Gasteiger partial charge in [-0.2, -0.15) is 0 Å². The molecule has 0 aromatic heterocycles. The van der Waals surface area contributed by atoms with E-state index in [-0.39, 0.29) is 18.1 Å². The van der Waals surface area contributed by atoms with Crippen molar-refractivity contribution in [3.63, 3.8) is 0 Å². The zero-order chi connectivity index (χ0) is 22.4. The van der Waals surface area contributed by atoms with Gasteiger partial charge in [-0.05, 0) is 42.7 Å². The Kier molecular flexibility index (Phi) is 6.95. The number of hydrogen-bond acceptors (Lipinski definition) is 4. The Morgan fingerprint density at radius 1 is 0.903 bits per heavy atom. The molecule has 0 spiro atoms. The maximum Gasteiger partial charge on any atom is 0.320 e. The van der Waals surface area contributed by atoms with Crippen LogP contribution < -0.4 is 11.1 Å². The molecule has 31 heavy (non-hydrogen) atoms. The van der Waals surface area contributed by atoms with Crippen LogP contribution in [0.1, 0.15) is 39.9 Å². The Balaban J connectivity index is 1.72. The third kappa shape index (κ3) is 5.65. The lowest BCUT2D eigenvalue weighted by molar-refractivity contribution is -0.138. The summed E-state index contributed by atoms with van der Waals surface area (Å²) in [7, 11) is 0. The van der Waals surface area contributed by atoms with Gasteiger partial charge in [0.2, 0.25) is 5.91 Å². The first-order valence-electron chi connectivity index (χ1n) is 9.93. The van der Waals surface area contributed by atoms with Gasteiger partial charge in [0, 0.05) is 16.8 Å². The first-order valence-corrected chi connectivity index (χ1v) is 9.93. The summed E-state index contributed by atoms with van der Waals surface area (Å²) in [5, 5.41) is 11.8. The number of carbonyl (C=O) groups excluding carboxylic acids is 2. The van der Waals surface area contributed by atoms with Gasteiger partial charge in [-0.15, -0.1) is 0 Å². The summed E-state index contributed by atoms with van der Waals surface area (Å²) in [6, 6.07) is 22.0. The molecule has 3 aromatic rings. The van der Waals surface area contributed by atoms with E-state index in [0.29, 0.717) is 16.8 Å². The van der Waals surface area contributed by atoms with Crippen LogP contribution >= 0.6 is 0 Å². The van der Waals surface area contributed by atoms with E-state index in [1.54, 1.807) is 61.5 Å². The molecule has 0 bridgehead atoms. The molecule has 1 unspecified atom stereocenters. The lowest BCUT2D eigenvalue weighted by Gasteiger charge is -2.15. The average molecular weight is 416 g/mol. The first kappa shape index (κ1) is 21.9. The van der Waals surface area contributed by atoms with Crippen molar-refractivity contribution in [3.8, 4) is 0 Å². The van der Waals surface area contributed by atoms with Crippen molar-refractivity contribution in [2.75, 3.05) is 5.32 Å². The fourth-order valence-electron chi connectivity index (χ4n) is 3.22. The zero-order valence-corrected chi connectivity index (χ0v) is 17.1. The van der Waals surface area contributed by atoms with E-state index in [1.807, 2.05) is 24.3 Å². The van der Waals surface area contributed by atoms with E-state index in [1.165, 1.54) is 0 Å². The van der Waals surface area contributed by atoms with E-state index in [0.717, 1.165) is 11.1 Å². The number of benzene rings is 3. The van der Waals surface area contributed by atoms with Gasteiger partial charge >= 0.3 is 5.97 Å². The van der Waals surface area contributed by atoms with Crippen molar-refractivity contribution in [3.05, 3.63) is 101 Å². The molecule has 2 atom stereocenters. The number of carboxylic acids is 1. The molecule has 3 aromatic carbocycles. The molecule has 0 aliphatic carbocycles. The number of nitrogens with two attached hydrogens (primary N) is 1. The van der Waals surface area contributed by atoms with Gasteiger partial charge in [0.05, 0.1) is 5.92 Å². The van der Waals surface area contributed by atoms with Gasteiger partial charge in [0.1, 0.15) is 6.04 Å². The van der Waals surface area contributed by atoms with Crippen LogP contribution in [0.15, 0.2) is 78.9 Å². The normalized spacial score (nSPS) is 12.6. The van der Waals surface area contributed by atoms with Crippen LogP contribution in [0.3, 0.4) is 0 Å². The molecule has 4 N–H and O–H groups in total. The second kappa shape index (κ2) is 9.82. The predicted octanol–water partition coefficient (Wildman–Crippen LogP) is 3.61. The van der Waals surface area contributed by atoms with Crippen LogP contribution in [-0.4, -0.2) is 28.8 Å². The Morgan fingerprint density at radius 2 is 1.58 bits per heavy atom. The van der Waals surface area contributed by atoms with E-state index in [9.17, 15) is 14.4 Å². The Labute approximate surface area is 180 Å². The summed E-state index contributed by atoms with van der Waals surface area (Å²) in [5.74, 6) is -1.90. The summed E-state index contributed by atoms with van der Waals surface area (Å²) in [5.41, 5.74) is 8.70. The molecule has 0 saturated heterocycles. The van der Waals surface area contributed by atoms with Crippen LogP contribution in [-0.2, 0) is 16.0 Å². The van der Waals surface area contributed by atoms with Crippen LogP contribution in [0.25, 0.3) is 0 Å². The second-order valence-electron chi connectivity index (χ2n) is 7.38. The molecule has 6 nitrogen and oxygen atoms in total. The van der Waals surface area contributed by atoms with Gasteiger partial charge in [-0.25, -0.2) is 0 Å². The number of hydrogen-bond donors (Lipinski definition) is 3. The number of ketones is 1. The predicted molar refractivity (Wildman–Crippen MR) is 119 cm³/mol. The molecule has 0 aliphatic rings. The fourth-order valence-corrected chi connectivity index (χ4v) is 3.22. The van der Waals surface area contributed by atoms with Crippen molar-refractivity contribution in [1.29, 1.82) is 0 Å². The minimum atomic E-state index is -1.08. The minimum absolute atomic E-state index is 0.0995. The molecule has 0 fully saturated rings. The summed E-state index contributed by atoms with van der Waals surface area (Å²) in [6.07, 6.45) is 0.165. The van der Waals surface area contributed by atoms with Gasteiger partial charge < -0.3 is 16.2 Å². The Hall–Kier alpha value is -3.77. The average Bonchev–Trinajstić information content (AvgIpc) is 2.78. The van der Waals surface area contributed by atoms with Crippen LogP contribution in [0.5, 0.6) is 0 Å². The number of aliphatic carboxylic acids is 1. The molecule has 0 aliphatic heterocycles. The van der Waals surface area contributed by atoms with E-state index in [4.69, 9.17) is 10.8 Å². The third-order valence-corrected chi connectivity index (χ3v) is 5.05. The highest BCUT2D eigenvalue weighted by atomic mass is 16.4. The number of nitrogens with one attached hydrogen (secondary N) is 1. The maximum absolute atomic E-state index is 12.8. The Bertz CT molecular complexity index is 1100. The summed E-state index contributed by atoms with van der Waals surface area (Å²) < 4.78 is 0. The van der Waals surface area contributed by atoms with Gasteiger partial charge in [0.25, 0.3) is 0 Å². The number of rotatable bonds is 8. The topological polar surface area (TPSA) is 109 Å². The maximum atomic E-state index is 12.8. The number of carbonyl (C=O) groups is 3. The molecule has 0 heterocycles. The minimum Gasteiger partial charge on any atom is -0.480 e. The molecule has 0 saturated carbocycles. The molecular weight excluding hydrogens is 392 g/mol. The summed E-state index contributed by atoms with van der Waals surface area (Å²) in [6.45, 7) is 1.77. The summed E-state index contributed by atoms with van der Waals surface area (Å²) >= 11 is 0. The fraction of sp³-hybridized carbons (Fsp3) is 0.160. The zero-order valence-electron chi connectivity index (χ0n) is 17.1. The number of carboxylic acid groups (broad SMARTS) is 1. The highest BCUT2D eigenvalue weighted by Crippen LogP contribution is 2.21. The van der Waals surface area contributed by atoms with Crippen LogP contribution in [0.4, 0.5) is 5.69 Å². The molecule has 0 radical (unpaired) electrons. The largest absolute Gasteiger partial charge is 0.480 e. The quantitative estimate of drug-likeness (QED) is 0.486. The van der Waals surface area contributed by atoms with E-state index < -0.39 is 17.9 Å². The second-order valence-corrected chi connectivity index (χ2v) is 7.38. The molecule has 6 heteroatoms. The van der Waals surface area contributed by atoms with Gasteiger partial charge in [0.15, 0.2) is 5.78 Å². The molecule has 3 rings (SSSR count). The van der Waals surface area contributed by atoms with Crippen molar-refractivity contribution in [2.45, 2.75) is 25.3 Å². The molecule has 1 amide bonds. The van der Waals surface area contributed by atoms with Gasteiger partial charge in [-0.3, -0.25) is 14.4 Å². The van der Waals surface area contributed by atoms with Crippen molar-refractivity contribution < 1.29 is 19.5 Å². The van der Waals surface area contributed by atoms with E-state index >= 15 is 0 Å². The number of anilines is 1. The van der Waals surface area contributed by atoms with Crippen molar-refractivity contribution in [2.24, 2.45) is 5.73 Å². The SMILES string of the molecule is CC(C(=O)Nc1cccc(C[C@H](N)C(=O)O)c1)c1cccc(C(=O)c2ccccc2)c1. The van der Waals surface area contributed by atoms with E-state index in [2.05, 4.69) is 5.32 Å². The first-order chi connectivity index (χ1) is 14.8. The summed E-state index contributed by atoms with van der Waals surface area (Å²) in [4.78, 5) is 36.5. The monoisotopic (exact) mass is 416 g/mol. The smallest absolute Gasteiger partial charge is 0.320 e. The Morgan fingerprint density at radius 3 is 2.29 bits per heavy atom. The lowest BCUT2D eigenvalue weighted by Crippen LogP contribution is -2.32. The molecule has 158 valence electrons. The van der Waals surface area contributed by atoms with Gasteiger partial charge in [-0.1, -0.05) is 60.7 Å². The lowest BCUT2D eigenvalue weighted by atomic mass is 9.95. The standard InChI is InChI=1S/C25H24N2O4/c1-16(19-10-6-11-20(15-19)23(28)18-8-3-2-4-9-18)24(29)27-21-12-5-7-17(13-21)14-22(26)25(30)31/h2-13,15-16,22H,14,26H2,1H3,(H,27,29)(H,30,31)/t16?,22-/m0/s1. The number of amides is 1. The van der Waals surface area contributed by atoms with Crippen molar-refractivity contribution in [1.82, 2.24) is 0 Å². The van der Waals surface area contributed by atoms with Crippen molar-refractivity contribution >= 4 is 23.3 Å². The van der Waals surface area contributed by atoms with Crippen LogP contribution in [0, 0.1) is 0 Å². The highest BCUT2D eigenvalue weighted by molar-refractivity contribution is 6.09. The molecular formula is C25H24N2O4. The van der Waals surface area contributed by atoms with Crippen LogP contribution in [0.2, 0.25) is 0 Å².